The van der Waals surface area contributed by atoms with Gasteiger partial charge in [-0.1, -0.05) is 342 Å². The van der Waals surface area contributed by atoms with Crippen LogP contribution in [0.5, 0.6) is 0 Å². The average Bonchev–Trinajstić information content (AvgIpc) is 3.64. The first kappa shape index (κ1) is 85.2. The Hall–Kier alpha value is -3.79. The molecule has 0 fully saturated rings. The third-order valence-corrected chi connectivity index (χ3v) is 16.4. The van der Waals surface area contributed by atoms with Gasteiger partial charge in [0.05, 0.1) is 34.4 Å². The molecular formula is C80H142NO8+. The molecule has 0 spiro atoms. The van der Waals surface area contributed by atoms with Crippen LogP contribution in [0.25, 0.3) is 0 Å². The highest BCUT2D eigenvalue weighted by atomic mass is 16.7. The van der Waals surface area contributed by atoms with Crippen molar-refractivity contribution < 1.29 is 42.9 Å². The Balaban J connectivity index is 4.04. The maximum Gasteiger partial charge on any atom is 0.361 e. The lowest BCUT2D eigenvalue weighted by atomic mass is 10.0. The summed E-state index contributed by atoms with van der Waals surface area (Å²) in [6.45, 7) is 4.81. The number of rotatable bonds is 69. The molecule has 0 rings (SSSR count). The van der Waals surface area contributed by atoms with Crippen molar-refractivity contribution in [2.75, 3.05) is 47.5 Å². The number of hydrogen-bond donors (Lipinski definition) is 1. The largest absolute Gasteiger partial charge is 0.477 e. The highest BCUT2D eigenvalue weighted by Gasteiger charge is 2.25. The third-order valence-electron chi connectivity index (χ3n) is 16.4. The highest BCUT2D eigenvalue weighted by Crippen LogP contribution is 2.18. The zero-order valence-electron chi connectivity index (χ0n) is 58.8. The van der Waals surface area contributed by atoms with E-state index in [-0.39, 0.29) is 32.2 Å². The van der Waals surface area contributed by atoms with Crippen molar-refractivity contribution in [1.82, 2.24) is 0 Å². The van der Waals surface area contributed by atoms with Crippen LogP contribution in [0.15, 0.2) is 97.2 Å². The molecule has 0 amide bonds. The zero-order valence-corrected chi connectivity index (χ0v) is 58.8. The number of likely N-dealkylation sites (N-methyl/N-ethyl adjacent to an activating group) is 1. The van der Waals surface area contributed by atoms with E-state index in [9.17, 15) is 19.5 Å². The van der Waals surface area contributed by atoms with Crippen molar-refractivity contribution in [1.29, 1.82) is 0 Å². The van der Waals surface area contributed by atoms with Gasteiger partial charge in [-0.05, 0) is 77.0 Å². The molecule has 0 saturated carbocycles. The Labute approximate surface area is 550 Å². The number of unbranched alkanes of at least 4 members (excludes halogenated alkanes) is 38. The molecule has 0 aromatic heterocycles. The molecule has 0 radical (unpaired) electrons. The van der Waals surface area contributed by atoms with Gasteiger partial charge >= 0.3 is 17.9 Å². The molecule has 0 aliphatic rings. The van der Waals surface area contributed by atoms with Crippen molar-refractivity contribution in [3.05, 3.63) is 97.2 Å². The molecular weight excluding hydrogens is 1100 g/mol. The maximum atomic E-state index is 13.0. The first-order chi connectivity index (χ1) is 43.6. The number of carboxylic acids is 1. The molecule has 89 heavy (non-hydrogen) atoms. The minimum atomic E-state index is -1.51. The fourth-order valence-electron chi connectivity index (χ4n) is 10.7. The van der Waals surface area contributed by atoms with E-state index in [4.69, 9.17) is 18.9 Å². The van der Waals surface area contributed by atoms with Crippen LogP contribution in [-0.4, -0.2) is 87.4 Å². The van der Waals surface area contributed by atoms with E-state index < -0.39 is 24.3 Å². The molecule has 2 unspecified atom stereocenters. The van der Waals surface area contributed by atoms with Crippen LogP contribution >= 0.6 is 0 Å². The maximum absolute atomic E-state index is 13.0. The van der Waals surface area contributed by atoms with Gasteiger partial charge in [0.15, 0.2) is 6.10 Å². The summed E-state index contributed by atoms with van der Waals surface area (Å²) in [6.07, 6.45) is 93.9. The first-order valence-corrected chi connectivity index (χ1v) is 37.4. The van der Waals surface area contributed by atoms with Crippen molar-refractivity contribution in [3.63, 3.8) is 0 Å². The number of aliphatic carboxylic acids is 1. The number of ether oxygens (including phenoxy) is 4. The lowest BCUT2D eigenvalue weighted by molar-refractivity contribution is -0.870. The summed E-state index contributed by atoms with van der Waals surface area (Å²) in [6, 6.07) is 0. The van der Waals surface area contributed by atoms with Crippen LogP contribution in [0.4, 0.5) is 0 Å². The van der Waals surface area contributed by atoms with Crippen LogP contribution in [0.2, 0.25) is 0 Å². The van der Waals surface area contributed by atoms with Crippen LogP contribution in [0.3, 0.4) is 0 Å². The van der Waals surface area contributed by atoms with Gasteiger partial charge in [0.2, 0.25) is 0 Å². The van der Waals surface area contributed by atoms with E-state index in [1.165, 1.54) is 218 Å². The molecule has 0 aliphatic carbocycles. The van der Waals surface area contributed by atoms with E-state index in [0.29, 0.717) is 17.4 Å². The standard InChI is InChI=1S/C80H141NO8/c1-6-8-10-12-14-16-18-20-22-24-26-28-30-31-32-33-34-35-36-37-38-39-40-41-42-43-44-45-46-47-49-51-53-55-57-59-61-63-65-67-69-71-78(83)89-76(75-88-80(79(84)85)86-73-72-81(3,4)5)74-87-77(82)70-68-66-64-62-60-58-56-54-52-50-48-29-27-25-23-21-19-17-15-13-11-9-7-2/h8,10,14,16,20,22,26,28,31-32,34-35,37-38,40-41,76,80H,6-7,9,11-13,15,17-19,21,23-25,27,29-30,33,36,39,42-75H2,1-5H3/p+1/b10-8-,16-14-,22-20-,28-26-,32-31-,35-34-,38-37-,41-40-. The van der Waals surface area contributed by atoms with Crippen molar-refractivity contribution in [3.8, 4) is 0 Å². The van der Waals surface area contributed by atoms with E-state index in [2.05, 4.69) is 111 Å². The summed E-state index contributed by atoms with van der Waals surface area (Å²) in [5.41, 5.74) is 0. The van der Waals surface area contributed by atoms with Gasteiger partial charge in [0.1, 0.15) is 13.2 Å². The number of quaternary nitrogens is 1. The summed E-state index contributed by atoms with van der Waals surface area (Å²) < 4.78 is 23.0. The lowest BCUT2D eigenvalue weighted by Gasteiger charge is -2.25. The number of allylic oxidation sites excluding steroid dienone is 16. The van der Waals surface area contributed by atoms with E-state index >= 15 is 0 Å². The minimum Gasteiger partial charge on any atom is -0.477 e. The van der Waals surface area contributed by atoms with Crippen molar-refractivity contribution in [2.24, 2.45) is 0 Å². The minimum absolute atomic E-state index is 0.180. The van der Waals surface area contributed by atoms with Gasteiger partial charge in [-0.15, -0.1) is 0 Å². The molecule has 9 nitrogen and oxygen atoms in total. The second kappa shape index (κ2) is 70.1. The molecule has 1 N–H and O–H groups in total. The Kier molecular flexibility index (Phi) is 67.1. The summed E-state index contributed by atoms with van der Waals surface area (Å²) in [7, 11) is 5.99. The number of hydrogen-bond acceptors (Lipinski definition) is 7. The van der Waals surface area contributed by atoms with Crippen molar-refractivity contribution >= 4 is 17.9 Å². The number of nitrogens with zero attached hydrogens (tertiary/aromatic N) is 1. The normalized spacial score (nSPS) is 13.2. The number of esters is 2. The van der Waals surface area contributed by atoms with Gasteiger partial charge in [-0.25, -0.2) is 4.79 Å². The molecule has 9 heteroatoms. The Morgan fingerprint density at radius 1 is 0.348 bits per heavy atom. The quantitative estimate of drug-likeness (QED) is 0.0211. The predicted octanol–water partition coefficient (Wildman–Crippen LogP) is 23.6. The van der Waals surface area contributed by atoms with E-state index in [1.54, 1.807) is 0 Å². The number of carbonyl (C=O) groups excluding carboxylic acids is 2. The number of carbonyl (C=O) groups is 3. The van der Waals surface area contributed by atoms with Crippen LogP contribution in [-0.2, 0) is 33.3 Å². The topological polar surface area (TPSA) is 108 Å². The number of carboxylic acid groups (broad SMARTS) is 1. The SMILES string of the molecule is CC/C=C\C/C=C\C/C=C\C/C=C\C/C=C\C/C=C\C/C=C\C/C=C\CCCCCCCCCCCCCCCCCCC(=O)OC(COC(=O)CCCCCCCCCCCCCCCCCCCCCCCCC)COC(OCC[N+](C)(C)C)C(=O)O. The second-order valence-electron chi connectivity index (χ2n) is 26.2. The van der Waals surface area contributed by atoms with E-state index in [1.807, 2.05) is 21.1 Å². The molecule has 2 atom stereocenters. The summed E-state index contributed by atoms with van der Waals surface area (Å²) in [5.74, 6) is -1.99. The Morgan fingerprint density at radius 2 is 0.640 bits per heavy atom. The molecule has 0 aromatic carbocycles. The Morgan fingerprint density at radius 3 is 0.955 bits per heavy atom. The second-order valence-corrected chi connectivity index (χ2v) is 26.2. The Bertz CT molecular complexity index is 1790. The fourth-order valence-corrected chi connectivity index (χ4v) is 10.7. The van der Waals surface area contributed by atoms with Crippen LogP contribution in [0.1, 0.15) is 335 Å². The van der Waals surface area contributed by atoms with Gasteiger partial charge in [0.25, 0.3) is 6.29 Å². The van der Waals surface area contributed by atoms with Crippen LogP contribution in [0, 0.1) is 0 Å². The molecule has 514 valence electrons. The monoisotopic (exact) mass is 1250 g/mol. The fraction of sp³-hybridized carbons (Fsp3) is 0.762. The van der Waals surface area contributed by atoms with Gasteiger partial charge in [0, 0.05) is 12.8 Å². The van der Waals surface area contributed by atoms with Gasteiger partial charge in [-0.3, -0.25) is 9.59 Å². The molecule has 0 bridgehead atoms. The molecule has 0 aliphatic heterocycles. The van der Waals surface area contributed by atoms with Crippen LogP contribution < -0.4 is 0 Å². The van der Waals surface area contributed by atoms with E-state index in [0.717, 1.165) is 89.9 Å². The zero-order chi connectivity index (χ0) is 64.7. The average molecular weight is 1250 g/mol. The summed E-state index contributed by atoms with van der Waals surface area (Å²) in [4.78, 5) is 37.7. The molecule has 0 saturated heterocycles. The summed E-state index contributed by atoms with van der Waals surface area (Å²) >= 11 is 0. The smallest absolute Gasteiger partial charge is 0.361 e. The molecule has 0 aromatic rings. The van der Waals surface area contributed by atoms with Gasteiger partial charge < -0.3 is 28.5 Å². The predicted molar refractivity (Wildman–Crippen MR) is 382 cm³/mol. The lowest BCUT2D eigenvalue weighted by Crippen LogP contribution is -2.40. The molecule has 0 heterocycles. The summed E-state index contributed by atoms with van der Waals surface area (Å²) in [5, 5.41) is 9.76. The third kappa shape index (κ3) is 71.5. The van der Waals surface area contributed by atoms with Crippen molar-refractivity contribution in [2.45, 2.75) is 347 Å². The van der Waals surface area contributed by atoms with Gasteiger partial charge in [-0.2, -0.15) is 0 Å². The highest BCUT2D eigenvalue weighted by molar-refractivity contribution is 5.71. The first-order valence-electron chi connectivity index (χ1n) is 37.4.